The summed E-state index contributed by atoms with van der Waals surface area (Å²) in [5, 5.41) is 3.04. The minimum absolute atomic E-state index is 0.0540. The topological polar surface area (TPSA) is 52.7 Å². The maximum Gasteiger partial charge on any atom is 0.253 e. The van der Waals surface area contributed by atoms with Crippen LogP contribution in [0.3, 0.4) is 0 Å². The summed E-state index contributed by atoms with van der Waals surface area (Å²) in [5.41, 5.74) is 2.93. The highest BCUT2D eigenvalue weighted by molar-refractivity contribution is 5.94. The molecule has 1 saturated heterocycles. The Morgan fingerprint density at radius 3 is 2.27 bits per heavy atom. The number of hydrogen-bond donors (Lipinski definition) is 1. The molecule has 30 heavy (non-hydrogen) atoms. The zero-order valence-electron chi connectivity index (χ0n) is 17.7. The molecule has 0 bridgehead atoms. The Morgan fingerprint density at radius 2 is 1.67 bits per heavy atom. The van der Waals surface area contributed by atoms with E-state index in [9.17, 15) is 14.0 Å². The van der Waals surface area contributed by atoms with Gasteiger partial charge in [0.25, 0.3) is 5.91 Å². The quantitative estimate of drug-likeness (QED) is 0.710. The molecule has 0 aromatic heterocycles. The van der Waals surface area contributed by atoms with Crippen LogP contribution in [0.5, 0.6) is 0 Å². The number of carbonyl (C=O) groups excluding carboxylic acids is 2. The SMILES string of the molecule is CN(C)c1ccc(CCCNC(=O)C2CCN(C(=O)c3ccc(F)cc3)CC2)cc1. The fourth-order valence-electron chi connectivity index (χ4n) is 3.73. The number of nitrogens with zero attached hydrogens (tertiary/aromatic N) is 2. The zero-order valence-corrected chi connectivity index (χ0v) is 17.7. The average molecular weight is 412 g/mol. The first kappa shape index (κ1) is 21.8. The van der Waals surface area contributed by atoms with Crippen molar-refractivity contribution in [3.8, 4) is 0 Å². The Bertz CT molecular complexity index is 842. The first-order valence-corrected chi connectivity index (χ1v) is 10.5. The second-order valence-corrected chi connectivity index (χ2v) is 8.03. The number of hydrogen-bond acceptors (Lipinski definition) is 3. The molecule has 0 radical (unpaired) electrons. The number of amides is 2. The van der Waals surface area contributed by atoms with Gasteiger partial charge in [-0.25, -0.2) is 4.39 Å². The fraction of sp³-hybridized carbons (Fsp3) is 0.417. The van der Waals surface area contributed by atoms with E-state index in [4.69, 9.17) is 0 Å². The molecule has 1 heterocycles. The van der Waals surface area contributed by atoms with Crippen molar-refractivity contribution in [2.45, 2.75) is 25.7 Å². The highest BCUT2D eigenvalue weighted by Gasteiger charge is 2.27. The van der Waals surface area contributed by atoms with Gasteiger partial charge >= 0.3 is 0 Å². The normalized spacial score (nSPS) is 14.4. The summed E-state index contributed by atoms with van der Waals surface area (Å²) in [4.78, 5) is 28.8. The van der Waals surface area contributed by atoms with E-state index in [2.05, 4.69) is 34.5 Å². The predicted molar refractivity (Wildman–Crippen MR) is 117 cm³/mol. The lowest BCUT2D eigenvalue weighted by molar-refractivity contribution is -0.126. The molecule has 1 aliphatic heterocycles. The van der Waals surface area contributed by atoms with Gasteiger partial charge in [0.05, 0.1) is 0 Å². The molecule has 5 nitrogen and oxygen atoms in total. The Labute approximate surface area is 177 Å². The van der Waals surface area contributed by atoms with Gasteiger partial charge in [-0.15, -0.1) is 0 Å². The minimum Gasteiger partial charge on any atom is -0.378 e. The van der Waals surface area contributed by atoms with E-state index in [0.717, 1.165) is 12.8 Å². The third kappa shape index (κ3) is 5.81. The molecular formula is C24H30FN3O2. The lowest BCUT2D eigenvalue weighted by Crippen LogP contribution is -2.43. The van der Waals surface area contributed by atoms with Crippen LogP contribution in [0.15, 0.2) is 48.5 Å². The summed E-state index contributed by atoms with van der Waals surface area (Å²) in [6, 6.07) is 14.1. The highest BCUT2D eigenvalue weighted by Crippen LogP contribution is 2.20. The minimum atomic E-state index is -0.354. The second kappa shape index (κ2) is 10.2. The molecule has 3 rings (SSSR count). The van der Waals surface area contributed by atoms with E-state index in [-0.39, 0.29) is 23.5 Å². The molecule has 6 heteroatoms. The van der Waals surface area contributed by atoms with Crippen LogP contribution in [0.1, 0.15) is 35.2 Å². The smallest absolute Gasteiger partial charge is 0.253 e. The Morgan fingerprint density at radius 1 is 1.03 bits per heavy atom. The van der Waals surface area contributed by atoms with Crippen LogP contribution in [-0.2, 0) is 11.2 Å². The number of carbonyl (C=O) groups is 2. The van der Waals surface area contributed by atoms with E-state index in [0.29, 0.717) is 38.0 Å². The predicted octanol–water partition coefficient (Wildman–Crippen LogP) is 3.49. The number of rotatable bonds is 7. The van der Waals surface area contributed by atoms with Gasteiger partial charge in [0.1, 0.15) is 5.82 Å². The van der Waals surface area contributed by atoms with Gasteiger partial charge in [-0.2, -0.15) is 0 Å². The van der Waals surface area contributed by atoms with Gasteiger partial charge in [0.15, 0.2) is 0 Å². The van der Waals surface area contributed by atoms with Crippen molar-refractivity contribution in [1.82, 2.24) is 10.2 Å². The summed E-state index contributed by atoms with van der Waals surface area (Å²) in [5.74, 6) is -0.435. The van der Waals surface area contributed by atoms with Crippen molar-refractivity contribution in [2.24, 2.45) is 5.92 Å². The van der Waals surface area contributed by atoms with Gasteiger partial charge in [0.2, 0.25) is 5.91 Å². The van der Waals surface area contributed by atoms with Gasteiger partial charge in [-0.3, -0.25) is 9.59 Å². The standard InChI is InChI=1S/C24H30FN3O2/c1-27(2)22-11-5-18(6-12-22)4-3-15-26-23(29)19-13-16-28(17-14-19)24(30)20-7-9-21(25)10-8-20/h5-12,19H,3-4,13-17H2,1-2H3,(H,26,29). The van der Waals surface area contributed by atoms with Crippen molar-refractivity contribution >= 4 is 17.5 Å². The molecular weight excluding hydrogens is 381 g/mol. The summed E-state index contributed by atoms with van der Waals surface area (Å²) in [7, 11) is 4.04. The van der Waals surface area contributed by atoms with E-state index in [1.807, 2.05) is 14.1 Å². The number of aryl methyl sites for hydroxylation is 1. The average Bonchev–Trinajstić information content (AvgIpc) is 2.77. The van der Waals surface area contributed by atoms with Crippen molar-refractivity contribution in [1.29, 1.82) is 0 Å². The highest BCUT2D eigenvalue weighted by atomic mass is 19.1. The van der Waals surface area contributed by atoms with Crippen molar-refractivity contribution in [2.75, 3.05) is 38.6 Å². The third-order valence-corrected chi connectivity index (χ3v) is 5.64. The molecule has 0 atom stereocenters. The molecule has 0 saturated carbocycles. The maximum atomic E-state index is 13.0. The van der Waals surface area contributed by atoms with Gasteiger partial charge in [0, 0.05) is 50.9 Å². The third-order valence-electron chi connectivity index (χ3n) is 5.64. The monoisotopic (exact) mass is 411 g/mol. The molecule has 2 amide bonds. The van der Waals surface area contributed by atoms with Crippen LogP contribution in [0.4, 0.5) is 10.1 Å². The largest absolute Gasteiger partial charge is 0.378 e. The number of piperidine rings is 1. The van der Waals surface area contributed by atoms with E-state index >= 15 is 0 Å². The number of benzene rings is 2. The number of halogens is 1. The summed E-state index contributed by atoms with van der Waals surface area (Å²) < 4.78 is 13.0. The molecule has 1 fully saturated rings. The number of anilines is 1. The second-order valence-electron chi connectivity index (χ2n) is 8.03. The number of likely N-dealkylation sites (tertiary alicyclic amines) is 1. The first-order chi connectivity index (χ1) is 14.4. The van der Waals surface area contributed by atoms with E-state index in [1.54, 1.807) is 4.90 Å². The fourth-order valence-corrected chi connectivity index (χ4v) is 3.73. The van der Waals surface area contributed by atoms with Crippen molar-refractivity contribution in [3.63, 3.8) is 0 Å². The van der Waals surface area contributed by atoms with Gasteiger partial charge < -0.3 is 15.1 Å². The van der Waals surface area contributed by atoms with E-state index in [1.165, 1.54) is 35.5 Å². The molecule has 1 N–H and O–H groups in total. The van der Waals surface area contributed by atoms with Crippen LogP contribution in [-0.4, -0.2) is 50.4 Å². The van der Waals surface area contributed by atoms with Crippen LogP contribution in [0.25, 0.3) is 0 Å². The van der Waals surface area contributed by atoms with Crippen LogP contribution in [0, 0.1) is 11.7 Å². The van der Waals surface area contributed by atoms with Crippen LogP contribution >= 0.6 is 0 Å². The molecule has 2 aromatic carbocycles. The summed E-state index contributed by atoms with van der Waals surface area (Å²) >= 11 is 0. The van der Waals surface area contributed by atoms with Crippen molar-refractivity contribution < 1.29 is 14.0 Å². The summed E-state index contributed by atoms with van der Waals surface area (Å²) in [6.45, 7) is 1.75. The summed E-state index contributed by atoms with van der Waals surface area (Å²) in [6.07, 6.45) is 3.14. The molecule has 2 aromatic rings. The zero-order chi connectivity index (χ0) is 21.5. The molecule has 1 aliphatic rings. The van der Waals surface area contributed by atoms with E-state index < -0.39 is 0 Å². The lowest BCUT2D eigenvalue weighted by Gasteiger charge is -2.31. The molecule has 0 aliphatic carbocycles. The lowest BCUT2D eigenvalue weighted by atomic mass is 9.95. The maximum absolute atomic E-state index is 13.0. The Hall–Kier alpha value is -2.89. The number of nitrogens with one attached hydrogen (secondary N) is 1. The Kier molecular flexibility index (Phi) is 7.44. The molecule has 160 valence electrons. The molecule has 0 spiro atoms. The Balaban J connectivity index is 1.37. The van der Waals surface area contributed by atoms with Crippen LogP contribution in [0.2, 0.25) is 0 Å². The first-order valence-electron chi connectivity index (χ1n) is 10.5. The van der Waals surface area contributed by atoms with Crippen molar-refractivity contribution in [3.05, 3.63) is 65.5 Å². The van der Waals surface area contributed by atoms with Crippen LogP contribution < -0.4 is 10.2 Å². The van der Waals surface area contributed by atoms with Gasteiger partial charge in [-0.05, 0) is 67.6 Å². The van der Waals surface area contributed by atoms with Gasteiger partial charge in [-0.1, -0.05) is 12.1 Å². The molecule has 0 unspecified atom stereocenters.